The molecular weight excluding hydrogens is 202 g/mol. The van der Waals surface area contributed by atoms with Gasteiger partial charge in [0.2, 0.25) is 0 Å². The van der Waals surface area contributed by atoms with Crippen LogP contribution >= 0.6 is 0 Å². The molecule has 1 saturated heterocycles. The Morgan fingerprint density at radius 3 is 2.38 bits per heavy atom. The molecule has 1 heterocycles. The number of rotatable bonds is 3. The Hall–Kier alpha value is -1.35. The lowest BCUT2D eigenvalue weighted by Crippen LogP contribution is -2.38. The van der Waals surface area contributed by atoms with Crippen molar-refractivity contribution in [3.05, 3.63) is 35.4 Å². The van der Waals surface area contributed by atoms with Crippen molar-refractivity contribution < 1.29 is 9.53 Å². The minimum Gasteiger partial charge on any atom is -0.465 e. The summed E-state index contributed by atoms with van der Waals surface area (Å²) in [5, 5.41) is 0. The maximum atomic E-state index is 11.3. The molecule has 3 heteroatoms. The third-order valence-corrected chi connectivity index (χ3v) is 3.25. The van der Waals surface area contributed by atoms with Crippen molar-refractivity contribution in [3.8, 4) is 0 Å². The minimum absolute atomic E-state index is 0.275. The molecule has 0 aromatic heterocycles. The van der Waals surface area contributed by atoms with Gasteiger partial charge in [-0.05, 0) is 44.1 Å². The number of methoxy groups -OCH3 is 1. The van der Waals surface area contributed by atoms with Gasteiger partial charge in [0.05, 0.1) is 12.7 Å². The fourth-order valence-corrected chi connectivity index (χ4v) is 1.95. The number of esters is 1. The van der Waals surface area contributed by atoms with E-state index < -0.39 is 0 Å². The molecule has 1 atom stereocenters. The summed E-state index contributed by atoms with van der Waals surface area (Å²) >= 11 is 0. The first-order chi connectivity index (χ1) is 7.72. The molecule has 1 aliphatic heterocycles. The van der Waals surface area contributed by atoms with Crippen molar-refractivity contribution in [2.45, 2.75) is 19.4 Å². The summed E-state index contributed by atoms with van der Waals surface area (Å²) in [4.78, 5) is 13.7. The van der Waals surface area contributed by atoms with Crippen LogP contribution < -0.4 is 0 Å². The highest BCUT2D eigenvalue weighted by molar-refractivity contribution is 5.89. The molecule has 0 N–H and O–H groups in total. The zero-order chi connectivity index (χ0) is 11.5. The van der Waals surface area contributed by atoms with Crippen LogP contribution in [0.2, 0.25) is 0 Å². The molecular formula is C13H17NO2. The van der Waals surface area contributed by atoms with Crippen LogP contribution in [0, 0.1) is 0 Å². The lowest BCUT2D eigenvalue weighted by Gasteiger charge is -2.36. The van der Waals surface area contributed by atoms with E-state index in [1.165, 1.54) is 32.2 Å². The smallest absolute Gasteiger partial charge is 0.337 e. The van der Waals surface area contributed by atoms with E-state index in [1.54, 1.807) is 0 Å². The first-order valence-corrected chi connectivity index (χ1v) is 5.64. The Kier molecular flexibility index (Phi) is 3.25. The number of ether oxygens (including phenoxy) is 1. The van der Waals surface area contributed by atoms with E-state index in [2.05, 4.69) is 16.6 Å². The maximum Gasteiger partial charge on any atom is 0.337 e. The Bertz CT molecular complexity index is 368. The van der Waals surface area contributed by atoms with Crippen molar-refractivity contribution in [3.63, 3.8) is 0 Å². The van der Waals surface area contributed by atoms with Gasteiger partial charge in [-0.15, -0.1) is 0 Å². The number of hydrogen-bond donors (Lipinski definition) is 0. The highest BCUT2D eigenvalue weighted by atomic mass is 16.5. The molecule has 2 rings (SSSR count). The van der Waals surface area contributed by atoms with Crippen LogP contribution in [0.5, 0.6) is 0 Å². The average Bonchev–Trinajstić information content (AvgIpc) is 2.26. The molecule has 3 nitrogen and oxygen atoms in total. The summed E-state index contributed by atoms with van der Waals surface area (Å²) in [5.74, 6) is -0.275. The van der Waals surface area contributed by atoms with Crippen LogP contribution in [-0.4, -0.2) is 31.1 Å². The number of nitrogens with zero attached hydrogens (tertiary/aromatic N) is 1. The predicted octanol–water partition coefficient (Wildman–Crippen LogP) is 2.24. The van der Waals surface area contributed by atoms with Gasteiger partial charge in [-0.3, -0.25) is 4.90 Å². The van der Waals surface area contributed by atoms with Crippen LogP contribution in [0.25, 0.3) is 0 Å². The first kappa shape index (κ1) is 11.1. The van der Waals surface area contributed by atoms with Gasteiger partial charge in [0.15, 0.2) is 0 Å². The molecule has 0 unspecified atom stereocenters. The summed E-state index contributed by atoms with van der Waals surface area (Å²) < 4.78 is 4.67. The Balaban J connectivity index is 2.09. The van der Waals surface area contributed by atoms with Gasteiger partial charge >= 0.3 is 5.97 Å². The lowest BCUT2D eigenvalue weighted by atomic mass is 10.0. The Morgan fingerprint density at radius 1 is 1.31 bits per heavy atom. The van der Waals surface area contributed by atoms with Gasteiger partial charge in [0.1, 0.15) is 0 Å². The third-order valence-electron chi connectivity index (χ3n) is 3.25. The van der Waals surface area contributed by atoms with Crippen LogP contribution in [0.1, 0.15) is 35.3 Å². The van der Waals surface area contributed by atoms with E-state index in [0.717, 1.165) is 0 Å². The van der Waals surface area contributed by atoms with Crippen molar-refractivity contribution >= 4 is 5.97 Å². The van der Waals surface area contributed by atoms with Gasteiger partial charge in [-0.1, -0.05) is 12.1 Å². The van der Waals surface area contributed by atoms with Crippen LogP contribution in [0.3, 0.4) is 0 Å². The monoisotopic (exact) mass is 219 g/mol. The molecule has 0 aliphatic carbocycles. The van der Waals surface area contributed by atoms with Crippen LogP contribution in [0.15, 0.2) is 24.3 Å². The third kappa shape index (κ3) is 2.09. The number of carbonyl (C=O) groups excluding carboxylic acids is 1. The molecule has 0 amide bonds. The largest absolute Gasteiger partial charge is 0.465 e. The summed E-state index contributed by atoms with van der Waals surface area (Å²) in [6, 6.07) is 8.12. The van der Waals surface area contributed by atoms with E-state index >= 15 is 0 Å². The lowest BCUT2D eigenvalue weighted by molar-refractivity contribution is 0.0600. The first-order valence-electron chi connectivity index (χ1n) is 5.64. The van der Waals surface area contributed by atoms with Crippen molar-refractivity contribution in [2.24, 2.45) is 0 Å². The zero-order valence-corrected chi connectivity index (χ0v) is 9.77. The van der Waals surface area contributed by atoms with E-state index in [1.807, 2.05) is 24.3 Å². The minimum atomic E-state index is -0.275. The van der Waals surface area contributed by atoms with Crippen molar-refractivity contribution in [1.82, 2.24) is 4.90 Å². The fraction of sp³-hybridized carbons (Fsp3) is 0.462. The van der Waals surface area contributed by atoms with Gasteiger partial charge in [0, 0.05) is 6.04 Å². The molecule has 0 saturated carbocycles. The molecule has 1 aliphatic rings. The number of carbonyl (C=O) groups is 1. The standard InChI is InChI=1S/C13H17NO2/c1-10(14-8-3-9-14)11-4-6-12(7-5-11)13(15)16-2/h4-7,10H,3,8-9H2,1-2H3/t10-/m1/s1. The topological polar surface area (TPSA) is 29.5 Å². The number of hydrogen-bond acceptors (Lipinski definition) is 3. The highest BCUT2D eigenvalue weighted by Crippen LogP contribution is 2.25. The second kappa shape index (κ2) is 4.66. The maximum absolute atomic E-state index is 11.3. The van der Waals surface area contributed by atoms with Gasteiger partial charge in [-0.25, -0.2) is 4.79 Å². The van der Waals surface area contributed by atoms with Crippen LogP contribution in [0.4, 0.5) is 0 Å². The normalized spacial score (nSPS) is 17.6. The quantitative estimate of drug-likeness (QED) is 0.730. The van der Waals surface area contributed by atoms with E-state index in [4.69, 9.17) is 0 Å². The average molecular weight is 219 g/mol. The number of benzene rings is 1. The molecule has 0 spiro atoms. The number of likely N-dealkylation sites (tertiary alicyclic amines) is 1. The van der Waals surface area contributed by atoms with E-state index in [0.29, 0.717) is 11.6 Å². The van der Waals surface area contributed by atoms with Gasteiger partial charge < -0.3 is 4.74 Å². The van der Waals surface area contributed by atoms with Gasteiger partial charge in [-0.2, -0.15) is 0 Å². The van der Waals surface area contributed by atoms with Crippen molar-refractivity contribution in [2.75, 3.05) is 20.2 Å². The fourth-order valence-electron chi connectivity index (χ4n) is 1.95. The zero-order valence-electron chi connectivity index (χ0n) is 9.77. The molecule has 86 valence electrons. The van der Waals surface area contributed by atoms with Gasteiger partial charge in [0.25, 0.3) is 0 Å². The summed E-state index contributed by atoms with van der Waals surface area (Å²) in [7, 11) is 1.40. The predicted molar refractivity (Wildman–Crippen MR) is 62.4 cm³/mol. The van der Waals surface area contributed by atoms with E-state index in [-0.39, 0.29) is 5.97 Å². The molecule has 1 aromatic rings. The SMILES string of the molecule is COC(=O)c1ccc([C@@H](C)N2CCC2)cc1. The molecule has 0 bridgehead atoms. The summed E-state index contributed by atoms with van der Waals surface area (Å²) in [6.07, 6.45) is 1.30. The van der Waals surface area contributed by atoms with E-state index in [9.17, 15) is 4.79 Å². The van der Waals surface area contributed by atoms with Crippen molar-refractivity contribution in [1.29, 1.82) is 0 Å². The Labute approximate surface area is 96.0 Å². The Morgan fingerprint density at radius 2 is 1.94 bits per heavy atom. The molecule has 0 radical (unpaired) electrons. The summed E-state index contributed by atoms with van der Waals surface area (Å²) in [5.41, 5.74) is 1.87. The van der Waals surface area contributed by atoms with Crippen LogP contribution in [-0.2, 0) is 4.74 Å². The molecule has 16 heavy (non-hydrogen) atoms. The second-order valence-corrected chi connectivity index (χ2v) is 4.18. The second-order valence-electron chi connectivity index (χ2n) is 4.18. The highest BCUT2D eigenvalue weighted by Gasteiger charge is 2.21. The molecule has 1 aromatic carbocycles. The summed E-state index contributed by atoms with van der Waals surface area (Å²) in [6.45, 7) is 4.56. The molecule has 1 fully saturated rings.